The van der Waals surface area contributed by atoms with Crippen molar-refractivity contribution in [2.45, 2.75) is 32.7 Å². The number of rotatable bonds is 2. The normalized spacial score (nSPS) is 20.6. The monoisotopic (exact) mass is 321 g/mol. The van der Waals surface area contributed by atoms with Crippen LogP contribution in [0.2, 0.25) is 0 Å². The number of aromatic nitrogens is 3. The molecule has 1 fully saturated rings. The highest BCUT2D eigenvalue weighted by atomic mass is 32.2. The van der Waals surface area contributed by atoms with Crippen molar-refractivity contribution >= 4 is 15.9 Å². The molecule has 2 aliphatic rings. The highest BCUT2D eigenvalue weighted by Crippen LogP contribution is 2.24. The molecule has 0 spiro atoms. The van der Waals surface area contributed by atoms with Gasteiger partial charge in [-0.2, -0.15) is 22.1 Å². The average Bonchev–Trinajstić information content (AvgIpc) is 3.15. The minimum absolute atomic E-state index is 0.385. The molecule has 4 rings (SSSR count). The summed E-state index contributed by atoms with van der Waals surface area (Å²) in [6, 6.07) is 1.94. The van der Waals surface area contributed by atoms with E-state index in [1.807, 2.05) is 17.5 Å². The fourth-order valence-corrected chi connectivity index (χ4v) is 4.98. The van der Waals surface area contributed by atoms with Crippen LogP contribution < -0.4 is 0 Å². The van der Waals surface area contributed by atoms with Gasteiger partial charge in [0.15, 0.2) is 5.65 Å². The van der Waals surface area contributed by atoms with E-state index in [9.17, 15) is 8.42 Å². The van der Waals surface area contributed by atoms with Crippen molar-refractivity contribution in [1.29, 1.82) is 0 Å². The van der Waals surface area contributed by atoms with Crippen LogP contribution in [-0.2, 0) is 23.2 Å². The Balaban J connectivity index is 1.68. The lowest BCUT2D eigenvalue weighted by Gasteiger charge is -2.31. The van der Waals surface area contributed by atoms with Gasteiger partial charge in [-0.25, -0.2) is 9.50 Å². The molecule has 0 radical (unpaired) electrons. The van der Waals surface area contributed by atoms with Crippen LogP contribution in [0.25, 0.3) is 5.65 Å². The van der Waals surface area contributed by atoms with Crippen molar-refractivity contribution in [2.75, 3.05) is 19.6 Å². The minimum atomic E-state index is -3.34. The van der Waals surface area contributed by atoms with E-state index in [1.54, 1.807) is 14.8 Å². The zero-order valence-corrected chi connectivity index (χ0v) is 13.4. The molecule has 4 heterocycles. The number of nitrogens with zero attached hydrogens (tertiary/aromatic N) is 5. The fourth-order valence-electron chi connectivity index (χ4n) is 3.31. The van der Waals surface area contributed by atoms with Crippen molar-refractivity contribution in [3.8, 4) is 0 Å². The molecule has 0 aromatic carbocycles. The Morgan fingerprint density at radius 3 is 2.68 bits per heavy atom. The third-order valence-electron chi connectivity index (χ3n) is 4.45. The summed E-state index contributed by atoms with van der Waals surface area (Å²) in [5.41, 5.74) is 3.77. The van der Waals surface area contributed by atoms with E-state index in [-0.39, 0.29) is 0 Å². The van der Waals surface area contributed by atoms with Crippen LogP contribution in [0.5, 0.6) is 0 Å². The van der Waals surface area contributed by atoms with Crippen molar-refractivity contribution in [2.24, 2.45) is 0 Å². The molecule has 0 unspecified atom stereocenters. The lowest BCUT2D eigenvalue weighted by molar-refractivity contribution is 0.341. The van der Waals surface area contributed by atoms with Crippen LogP contribution in [0, 0.1) is 6.92 Å². The molecule has 2 aliphatic heterocycles. The van der Waals surface area contributed by atoms with Gasteiger partial charge in [0.1, 0.15) is 0 Å². The summed E-state index contributed by atoms with van der Waals surface area (Å²) in [5.74, 6) is 0. The van der Waals surface area contributed by atoms with Gasteiger partial charge >= 0.3 is 0 Å². The van der Waals surface area contributed by atoms with Gasteiger partial charge in [-0.3, -0.25) is 0 Å². The molecular weight excluding hydrogens is 302 g/mol. The van der Waals surface area contributed by atoms with Gasteiger partial charge in [0.05, 0.1) is 11.4 Å². The molecule has 1 saturated heterocycles. The van der Waals surface area contributed by atoms with E-state index in [1.165, 1.54) is 0 Å². The predicted octanol–water partition coefficient (Wildman–Crippen LogP) is 0.736. The van der Waals surface area contributed by atoms with Crippen molar-refractivity contribution in [1.82, 2.24) is 23.2 Å². The molecule has 22 heavy (non-hydrogen) atoms. The van der Waals surface area contributed by atoms with Crippen LogP contribution in [0.1, 0.15) is 29.8 Å². The molecule has 0 saturated carbocycles. The zero-order valence-electron chi connectivity index (χ0n) is 12.6. The first-order chi connectivity index (χ1) is 10.6. The second-order valence-corrected chi connectivity index (χ2v) is 7.91. The summed E-state index contributed by atoms with van der Waals surface area (Å²) >= 11 is 0. The third-order valence-corrected chi connectivity index (χ3v) is 6.44. The van der Waals surface area contributed by atoms with Crippen molar-refractivity contribution in [3.63, 3.8) is 0 Å². The zero-order chi connectivity index (χ0) is 15.3. The van der Waals surface area contributed by atoms with Gasteiger partial charge in [0, 0.05) is 50.4 Å². The average molecular weight is 321 g/mol. The van der Waals surface area contributed by atoms with Crippen LogP contribution in [0.3, 0.4) is 0 Å². The molecule has 7 nitrogen and oxygen atoms in total. The molecule has 2 aromatic rings. The van der Waals surface area contributed by atoms with Gasteiger partial charge < -0.3 is 0 Å². The summed E-state index contributed by atoms with van der Waals surface area (Å²) < 4.78 is 30.4. The molecule has 0 N–H and O–H groups in total. The highest BCUT2D eigenvalue weighted by Gasteiger charge is 2.34. The van der Waals surface area contributed by atoms with E-state index in [4.69, 9.17) is 0 Å². The van der Waals surface area contributed by atoms with Crippen LogP contribution >= 0.6 is 0 Å². The van der Waals surface area contributed by atoms with E-state index in [0.29, 0.717) is 32.6 Å². The Hall–Kier alpha value is -1.51. The van der Waals surface area contributed by atoms with Crippen molar-refractivity contribution < 1.29 is 8.42 Å². The van der Waals surface area contributed by atoms with E-state index in [0.717, 1.165) is 35.4 Å². The Morgan fingerprint density at radius 2 is 1.91 bits per heavy atom. The Kier molecular flexibility index (Phi) is 3.21. The lowest BCUT2D eigenvalue weighted by atomic mass is 10.1. The summed E-state index contributed by atoms with van der Waals surface area (Å²) in [5, 5.41) is 4.47. The third kappa shape index (κ3) is 2.13. The minimum Gasteiger partial charge on any atom is -0.237 e. The lowest BCUT2D eigenvalue weighted by Crippen LogP contribution is -2.45. The number of hydrogen-bond acceptors (Lipinski definition) is 4. The smallest absolute Gasteiger partial charge is 0.237 e. The van der Waals surface area contributed by atoms with Gasteiger partial charge in [-0.1, -0.05) is 0 Å². The first kappa shape index (κ1) is 14.1. The fraction of sp³-hybridized carbons (Fsp3) is 0.571. The van der Waals surface area contributed by atoms with E-state index >= 15 is 0 Å². The predicted molar refractivity (Wildman–Crippen MR) is 81.6 cm³/mol. The second kappa shape index (κ2) is 5.00. The first-order valence-electron chi connectivity index (χ1n) is 7.64. The van der Waals surface area contributed by atoms with Crippen molar-refractivity contribution in [3.05, 3.63) is 29.2 Å². The molecule has 0 atom stereocenters. The number of hydrogen-bond donors (Lipinski definition) is 0. The molecule has 0 aliphatic carbocycles. The molecule has 118 valence electrons. The molecular formula is C14H19N5O2S. The molecule has 2 aromatic heterocycles. The molecule has 8 heteroatoms. The second-order valence-electron chi connectivity index (χ2n) is 5.98. The summed E-state index contributed by atoms with van der Waals surface area (Å²) in [4.78, 5) is 4.39. The Labute approximate surface area is 129 Å². The summed E-state index contributed by atoms with van der Waals surface area (Å²) in [6.45, 7) is 4.11. The van der Waals surface area contributed by atoms with Gasteiger partial charge in [-0.05, 0) is 19.8 Å². The molecule has 0 amide bonds. The summed E-state index contributed by atoms with van der Waals surface area (Å²) in [6.07, 6.45) is 4.37. The molecule has 0 bridgehead atoms. The highest BCUT2D eigenvalue weighted by molar-refractivity contribution is 7.86. The Bertz CT molecular complexity index is 823. The summed E-state index contributed by atoms with van der Waals surface area (Å²) in [7, 11) is -3.34. The van der Waals surface area contributed by atoms with Gasteiger partial charge in [0.2, 0.25) is 0 Å². The Morgan fingerprint density at radius 1 is 1.14 bits per heavy atom. The standard InChI is InChI=1S/C14H19N5O2S/c1-11-8-14-15-9-12-10-18(7-4-13(12)19(14)16-11)22(20,21)17-5-2-3-6-17/h8-9H,2-7,10H2,1H3. The van der Waals surface area contributed by atoms with Crippen LogP contribution in [0.4, 0.5) is 0 Å². The van der Waals surface area contributed by atoms with Crippen LogP contribution in [0.15, 0.2) is 12.3 Å². The topological polar surface area (TPSA) is 70.8 Å². The van der Waals surface area contributed by atoms with E-state index in [2.05, 4.69) is 10.1 Å². The quantitative estimate of drug-likeness (QED) is 0.818. The van der Waals surface area contributed by atoms with Gasteiger partial charge in [0.25, 0.3) is 10.2 Å². The number of aryl methyl sites for hydroxylation is 1. The first-order valence-corrected chi connectivity index (χ1v) is 9.04. The maximum Gasteiger partial charge on any atom is 0.282 e. The maximum atomic E-state index is 12.7. The van der Waals surface area contributed by atoms with Gasteiger partial charge in [-0.15, -0.1) is 0 Å². The maximum absolute atomic E-state index is 12.7. The number of fused-ring (bicyclic) bond motifs is 3. The van der Waals surface area contributed by atoms with E-state index < -0.39 is 10.2 Å². The largest absolute Gasteiger partial charge is 0.282 e. The SMILES string of the molecule is Cc1cc2ncc3c(n2n1)CCN(S(=O)(=O)N1CCCC1)C3. The van der Waals surface area contributed by atoms with Crippen LogP contribution in [-0.4, -0.2) is 51.3 Å².